The Morgan fingerprint density at radius 1 is 1.10 bits per heavy atom. The van der Waals surface area contributed by atoms with E-state index in [9.17, 15) is 4.39 Å². The third-order valence-corrected chi connectivity index (χ3v) is 4.59. The lowest BCUT2D eigenvalue weighted by Gasteiger charge is -2.27. The summed E-state index contributed by atoms with van der Waals surface area (Å²) in [6, 6.07) is 15.4. The van der Waals surface area contributed by atoms with E-state index < -0.39 is 0 Å². The first kappa shape index (κ1) is 12.8. The predicted octanol–water partition coefficient (Wildman–Crippen LogP) is 3.43. The summed E-state index contributed by atoms with van der Waals surface area (Å²) in [5, 5.41) is 0. The Bertz CT molecular complexity index is 643. The summed E-state index contributed by atoms with van der Waals surface area (Å²) in [4.78, 5) is 2.45. The molecule has 0 amide bonds. The molecule has 2 unspecified atom stereocenters. The van der Waals surface area contributed by atoms with Crippen LogP contribution in [0.25, 0.3) is 0 Å². The Hall–Kier alpha value is -1.87. The highest BCUT2D eigenvalue weighted by Crippen LogP contribution is 2.42. The summed E-state index contributed by atoms with van der Waals surface area (Å²) in [7, 11) is 0. The molecule has 0 aromatic heterocycles. The van der Waals surface area contributed by atoms with Gasteiger partial charge in [-0.15, -0.1) is 0 Å². The number of likely N-dealkylation sites (tertiary alicyclic amines) is 1. The fourth-order valence-corrected chi connectivity index (χ4v) is 3.59. The average Bonchev–Trinajstić information content (AvgIpc) is 2.91. The van der Waals surface area contributed by atoms with E-state index in [1.54, 1.807) is 12.1 Å². The van der Waals surface area contributed by atoms with Crippen molar-refractivity contribution in [3.05, 3.63) is 65.5 Å². The van der Waals surface area contributed by atoms with Gasteiger partial charge in [0.15, 0.2) is 0 Å². The maximum atomic E-state index is 13.5. The van der Waals surface area contributed by atoms with E-state index >= 15 is 0 Å². The van der Waals surface area contributed by atoms with Gasteiger partial charge in [-0.25, -0.2) is 4.39 Å². The highest BCUT2D eigenvalue weighted by atomic mass is 19.1. The molecule has 2 nitrogen and oxygen atoms in total. The molecule has 2 atom stereocenters. The lowest BCUT2D eigenvalue weighted by atomic mass is 9.87. The second-order valence-electron chi connectivity index (χ2n) is 6.04. The van der Waals surface area contributed by atoms with Crippen molar-refractivity contribution in [3.8, 4) is 5.75 Å². The van der Waals surface area contributed by atoms with Gasteiger partial charge < -0.3 is 4.74 Å². The zero-order valence-electron chi connectivity index (χ0n) is 11.8. The summed E-state index contributed by atoms with van der Waals surface area (Å²) in [5.74, 6) is 1.56. The highest BCUT2D eigenvalue weighted by molar-refractivity contribution is 5.40. The smallest absolute Gasteiger partial charge is 0.123 e. The Morgan fingerprint density at radius 2 is 1.95 bits per heavy atom. The molecule has 2 heterocycles. The fourth-order valence-electron chi connectivity index (χ4n) is 3.59. The molecule has 2 aliphatic heterocycles. The van der Waals surface area contributed by atoms with Crippen molar-refractivity contribution in [2.75, 3.05) is 19.7 Å². The lowest BCUT2D eigenvalue weighted by Crippen LogP contribution is -2.25. The van der Waals surface area contributed by atoms with Gasteiger partial charge in [0.1, 0.15) is 11.6 Å². The summed E-state index contributed by atoms with van der Waals surface area (Å²) >= 11 is 0. The molecule has 0 saturated carbocycles. The number of hydrogen-bond acceptors (Lipinski definition) is 2. The summed E-state index contributed by atoms with van der Waals surface area (Å²) in [5.41, 5.74) is 2.37. The lowest BCUT2D eigenvalue weighted by molar-refractivity contribution is 0.211. The molecule has 0 radical (unpaired) electrons. The van der Waals surface area contributed by atoms with Gasteiger partial charge in [-0.2, -0.15) is 0 Å². The molecule has 21 heavy (non-hydrogen) atoms. The van der Waals surface area contributed by atoms with Gasteiger partial charge in [0.2, 0.25) is 0 Å². The molecule has 0 aliphatic carbocycles. The van der Waals surface area contributed by atoms with Gasteiger partial charge in [0, 0.05) is 37.0 Å². The van der Waals surface area contributed by atoms with E-state index in [4.69, 9.17) is 4.74 Å². The van der Waals surface area contributed by atoms with Crippen LogP contribution in [0.4, 0.5) is 4.39 Å². The van der Waals surface area contributed by atoms with Crippen molar-refractivity contribution in [1.82, 2.24) is 4.90 Å². The minimum absolute atomic E-state index is 0.167. The van der Waals surface area contributed by atoms with Crippen molar-refractivity contribution < 1.29 is 9.13 Å². The molecule has 3 heteroatoms. The van der Waals surface area contributed by atoms with E-state index in [1.807, 2.05) is 6.07 Å². The second kappa shape index (κ2) is 5.15. The van der Waals surface area contributed by atoms with E-state index in [-0.39, 0.29) is 5.82 Å². The van der Waals surface area contributed by atoms with Crippen LogP contribution in [-0.2, 0) is 6.54 Å². The van der Waals surface area contributed by atoms with Gasteiger partial charge in [-0.3, -0.25) is 4.90 Å². The highest BCUT2D eigenvalue weighted by Gasteiger charge is 2.38. The molecule has 2 aromatic carbocycles. The third kappa shape index (κ3) is 2.42. The SMILES string of the molecule is Fc1ccc2c(c1)C1CN(Cc3ccccc3)CC1CO2. The first-order chi connectivity index (χ1) is 10.3. The maximum Gasteiger partial charge on any atom is 0.123 e. The summed E-state index contributed by atoms with van der Waals surface area (Å²) in [6.07, 6.45) is 0. The second-order valence-corrected chi connectivity index (χ2v) is 6.04. The number of nitrogens with zero attached hydrogens (tertiary/aromatic N) is 1. The van der Waals surface area contributed by atoms with Crippen LogP contribution in [0.1, 0.15) is 17.0 Å². The van der Waals surface area contributed by atoms with Crippen molar-refractivity contribution in [3.63, 3.8) is 0 Å². The number of rotatable bonds is 2. The Balaban J connectivity index is 1.55. The van der Waals surface area contributed by atoms with E-state index in [1.165, 1.54) is 11.6 Å². The van der Waals surface area contributed by atoms with E-state index in [0.29, 0.717) is 11.8 Å². The number of ether oxygens (including phenoxy) is 1. The van der Waals surface area contributed by atoms with Crippen LogP contribution in [0.3, 0.4) is 0 Å². The van der Waals surface area contributed by atoms with Gasteiger partial charge in [0.25, 0.3) is 0 Å². The largest absolute Gasteiger partial charge is 0.493 e. The van der Waals surface area contributed by atoms with Crippen LogP contribution >= 0.6 is 0 Å². The number of fused-ring (bicyclic) bond motifs is 3. The molecule has 2 aromatic rings. The molecule has 2 aliphatic rings. The van der Waals surface area contributed by atoms with Gasteiger partial charge in [0.05, 0.1) is 6.61 Å². The zero-order valence-corrected chi connectivity index (χ0v) is 11.8. The fraction of sp³-hybridized carbons (Fsp3) is 0.333. The van der Waals surface area contributed by atoms with E-state index in [0.717, 1.165) is 37.6 Å². The molecule has 4 rings (SSSR count). The maximum absolute atomic E-state index is 13.5. The first-order valence-electron chi connectivity index (χ1n) is 7.48. The molecule has 1 saturated heterocycles. The first-order valence-corrected chi connectivity index (χ1v) is 7.48. The normalized spacial score (nSPS) is 24.2. The van der Waals surface area contributed by atoms with E-state index in [2.05, 4.69) is 29.2 Å². The van der Waals surface area contributed by atoms with Crippen LogP contribution in [0.2, 0.25) is 0 Å². The van der Waals surface area contributed by atoms with Crippen LogP contribution in [-0.4, -0.2) is 24.6 Å². The monoisotopic (exact) mass is 283 g/mol. The Morgan fingerprint density at radius 3 is 2.81 bits per heavy atom. The van der Waals surface area contributed by atoms with Crippen molar-refractivity contribution in [2.24, 2.45) is 5.92 Å². The molecule has 0 N–H and O–H groups in total. The van der Waals surface area contributed by atoms with Crippen molar-refractivity contribution in [2.45, 2.75) is 12.5 Å². The molecular formula is C18H18FNO. The topological polar surface area (TPSA) is 12.5 Å². The number of halogens is 1. The Kier molecular flexibility index (Phi) is 3.15. The quantitative estimate of drug-likeness (QED) is 0.837. The van der Waals surface area contributed by atoms with Crippen LogP contribution in [0.15, 0.2) is 48.5 Å². The molecule has 108 valence electrons. The summed E-state index contributed by atoms with van der Waals surface area (Å²) in [6.45, 7) is 3.71. The standard InChI is InChI=1S/C18H18FNO/c19-15-6-7-18-16(8-15)17-11-20(10-14(17)12-21-18)9-13-4-2-1-3-5-13/h1-8,14,17H,9-12H2. The molecule has 1 fully saturated rings. The van der Waals surface area contributed by atoms with Gasteiger partial charge in [-0.05, 0) is 23.8 Å². The minimum Gasteiger partial charge on any atom is -0.493 e. The van der Waals surface area contributed by atoms with Crippen molar-refractivity contribution in [1.29, 1.82) is 0 Å². The van der Waals surface area contributed by atoms with Crippen LogP contribution in [0, 0.1) is 11.7 Å². The van der Waals surface area contributed by atoms with Gasteiger partial charge >= 0.3 is 0 Å². The summed E-state index contributed by atoms with van der Waals surface area (Å²) < 4.78 is 19.3. The predicted molar refractivity (Wildman–Crippen MR) is 79.8 cm³/mol. The minimum atomic E-state index is -0.167. The molecular weight excluding hydrogens is 265 g/mol. The van der Waals surface area contributed by atoms with Gasteiger partial charge in [-0.1, -0.05) is 30.3 Å². The van der Waals surface area contributed by atoms with Crippen molar-refractivity contribution >= 4 is 0 Å². The number of benzene rings is 2. The zero-order chi connectivity index (χ0) is 14.2. The average molecular weight is 283 g/mol. The Labute approximate surface area is 124 Å². The molecule has 0 spiro atoms. The van der Waals surface area contributed by atoms with Crippen LogP contribution in [0.5, 0.6) is 5.75 Å². The number of hydrogen-bond donors (Lipinski definition) is 0. The van der Waals surface area contributed by atoms with Crippen LogP contribution < -0.4 is 4.74 Å². The molecule has 0 bridgehead atoms. The third-order valence-electron chi connectivity index (χ3n) is 4.59.